The van der Waals surface area contributed by atoms with E-state index in [9.17, 15) is 8.42 Å². The summed E-state index contributed by atoms with van der Waals surface area (Å²) < 4.78 is 21.3. The van der Waals surface area contributed by atoms with Gasteiger partial charge in [-0.05, 0) is 18.9 Å². The van der Waals surface area contributed by atoms with Crippen LogP contribution in [0.25, 0.3) is 0 Å². The molecule has 0 aromatic heterocycles. The van der Waals surface area contributed by atoms with Crippen molar-refractivity contribution in [2.45, 2.75) is 12.8 Å². The van der Waals surface area contributed by atoms with Gasteiger partial charge in [0.25, 0.3) is 9.05 Å². The first kappa shape index (κ1) is 7.82. The molecule has 0 heterocycles. The minimum atomic E-state index is -3.48. The summed E-state index contributed by atoms with van der Waals surface area (Å²) in [5.74, 6) is 0. The zero-order valence-electron chi connectivity index (χ0n) is 5.25. The molecule has 1 aliphatic carbocycles. The molecule has 0 spiro atoms. The number of allylic oxidation sites excluding steroid dienone is 3. The summed E-state index contributed by atoms with van der Waals surface area (Å²) in [6.45, 7) is 0. The normalized spacial score (nSPS) is 18.7. The molecule has 0 radical (unpaired) electrons. The van der Waals surface area contributed by atoms with Crippen LogP contribution in [0, 0.1) is 0 Å². The van der Waals surface area contributed by atoms with E-state index in [1.807, 2.05) is 0 Å². The lowest BCUT2D eigenvalue weighted by atomic mass is 10.2. The SMILES string of the molecule is O=S(=O)(Cl)C1=CCCC=C1. The van der Waals surface area contributed by atoms with E-state index in [0.29, 0.717) is 0 Å². The largest absolute Gasteiger partial charge is 0.260 e. The van der Waals surface area contributed by atoms with Gasteiger partial charge in [0, 0.05) is 10.7 Å². The molecule has 0 aliphatic heterocycles. The number of halogens is 1. The Morgan fingerprint density at radius 2 is 2.10 bits per heavy atom. The molecule has 0 saturated carbocycles. The second-order valence-corrected chi connectivity index (χ2v) is 4.59. The molecule has 0 aromatic carbocycles. The highest BCUT2D eigenvalue weighted by molar-refractivity contribution is 8.17. The van der Waals surface area contributed by atoms with Gasteiger partial charge in [0.15, 0.2) is 0 Å². The second kappa shape index (κ2) is 2.76. The number of rotatable bonds is 1. The summed E-state index contributed by atoms with van der Waals surface area (Å²) in [4.78, 5) is 0.223. The lowest BCUT2D eigenvalue weighted by molar-refractivity contribution is 0.615. The van der Waals surface area contributed by atoms with Crippen LogP contribution in [0.3, 0.4) is 0 Å². The van der Waals surface area contributed by atoms with Crippen molar-refractivity contribution in [3.63, 3.8) is 0 Å². The van der Waals surface area contributed by atoms with E-state index in [0.717, 1.165) is 12.8 Å². The molecule has 0 fully saturated rings. The molecule has 0 N–H and O–H groups in total. The van der Waals surface area contributed by atoms with Gasteiger partial charge in [-0.1, -0.05) is 12.2 Å². The predicted molar refractivity (Wildman–Crippen MR) is 41.2 cm³/mol. The van der Waals surface area contributed by atoms with Crippen LogP contribution in [0.1, 0.15) is 12.8 Å². The molecule has 0 atom stereocenters. The van der Waals surface area contributed by atoms with Gasteiger partial charge in [-0.15, -0.1) is 0 Å². The Hall–Kier alpha value is -0.280. The van der Waals surface area contributed by atoms with Crippen molar-refractivity contribution in [3.05, 3.63) is 23.1 Å². The maximum atomic E-state index is 10.6. The van der Waals surface area contributed by atoms with Gasteiger partial charge in [-0.3, -0.25) is 0 Å². The molecule has 2 nitrogen and oxygen atoms in total. The Morgan fingerprint density at radius 1 is 1.40 bits per heavy atom. The van der Waals surface area contributed by atoms with Gasteiger partial charge in [-0.2, -0.15) is 0 Å². The monoisotopic (exact) mass is 178 g/mol. The summed E-state index contributed by atoms with van der Waals surface area (Å²) in [5, 5.41) is 0. The number of hydrogen-bond donors (Lipinski definition) is 0. The molecule has 0 unspecified atom stereocenters. The highest BCUT2D eigenvalue weighted by atomic mass is 35.7. The van der Waals surface area contributed by atoms with Crippen LogP contribution in [0.4, 0.5) is 0 Å². The van der Waals surface area contributed by atoms with Crippen molar-refractivity contribution >= 4 is 19.7 Å². The van der Waals surface area contributed by atoms with Crippen molar-refractivity contribution in [1.29, 1.82) is 0 Å². The van der Waals surface area contributed by atoms with Gasteiger partial charge in [-0.25, -0.2) is 8.42 Å². The maximum absolute atomic E-state index is 10.6. The van der Waals surface area contributed by atoms with Crippen molar-refractivity contribution in [2.24, 2.45) is 0 Å². The van der Waals surface area contributed by atoms with Gasteiger partial charge in [0.05, 0.1) is 4.91 Å². The van der Waals surface area contributed by atoms with Crippen LogP contribution in [0.15, 0.2) is 23.1 Å². The van der Waals surface area contributed by atoms with Gasteiger partial charge in [0.1, 0.15) is 0 Å². The van der Waals surface area contributed by atoms with E-state index < -0.39 is 9.05 Å². The number of hydrogen-bond acceptors (Lipinski definition) is 2. The van der Waals surface area contributed by atoms with Crippen molar-refractivity contribution < 1.29 is 8.42 Å². The first-order chi connectivity index (χ1) is 4.61. The van der Waals surface area contributed by atoms with Crippen LogP contribution in [-0.2, 0) is 9.05 Å². The lowest BCUT2D eigenvalue weighted by Crippen LogP contribution is -1.94. The van der Waals surface area contributed by atoms with E-state index in [4.69, 9.17) is 10.7 Å². The van der Waals surface area contributed by atoms with Crippen LogP contribution < -0.4 is 0 Å². The fourth-order valence-corrected chi connectivity index (χ4v) is 1.69. The Kier molecular flexibility index (Phi) is 2.16. The Labute approximate surface area is 64.6 Å². The van der Waals surface area contributed by atoms with Crippen LogP contribution >= 0.6 is 10.7 Å². The Bertz CT molecular complexity index is 274. The molecule has 1 aliphatic rings. The predicted octanol–water partition coefficient (Wildman–Crippen LogP) is 1.79. The highest BCUT2D eigenvalue weighted by Gasteiger charge is 2.11. The highest BCUT2D eigenvalue weighted by Crippen LogP contribution is 2.18. The standard InChI is InChI=1S/C6H7ClO2S/c7-10(8,9)6-4-2-1-3-5-6/h2,4-5H,1,3H2. The topological polar surface area (TPSA) is 34.1 Å². The van der Waals surface area contributed by atoms with E-state index >= 15 is 0 Å². The van der Waals surface area contributed by atoms with Crippen LogP contribution in [0.5, 0.6) is 0 Å². The molecule has 10 heavy (non-hydrogen) atoms. The average Bonchev–Trinajstić information content (AvgIpc) is 1.88. The third kappa shape index (κ3) is 1.85. The van der Waals surface area contributed by atoms with E-state index in [2.05, 4.69) is 0 Å². The van der Waals surface area contributed by atoms with Crippen molar-refractivity contribution in [1.82, 2.24) is 0 Å². The van der Waals surface area contributed by atoms with Gasteiger partial charge >= 0.3 is 0 Å². The minimum absolute atomic E-state index is 0.223. The van der Waals surface area contributed by atoms with Gasteiger partial charge < -0.3 is 0 Å². The molecular formula is C6H7ClO2S. The van der Waals surface area contributed by atoms with Crippen molar-refractivity contribution in [3.8, 4) is 0 Å². The van der Waals surface area contributed by atoms with Crippen LogP contribution in [0.2, 0.25) is 0 Å². The average molecular weight is 179 g/mol. The van der Waals surface area contributed by atoms with E-state index in [1.54, 1.807) is 12.2 Å². The zero-order valence-corrected chi connectivity index (χ0v) is 6.82. The fourth-order valence-electron chi connectivity index (χ4n) is 0.770. The molecule has 1 rings (SSSR count). The van der Waals surface area contributed by atoms with E-state index in [-0.39, 0.29) is 4.91 Å². The summed E-state index contributed by atoms with van der Waals surface area (Å²) >= 11 is 0. The molecular weight excluding hydrogens is 172 g/mol. The minimum Gasteiger partial charge on any atom is -0.207 e. The van der Waals surface area contributed by atoms with Crippen molar-refractivity contribution in [2.75, 3.05) is 0 Å². The maximum Gasteiger partial charge on any atom is 0.260 e. The smallest absolute Gasteiger partial charge is 0.207 e. The molecule has 4 heteroatoms. The molecule has 0 amide bonds. The summed E-state index contributed by atoms with van der Waals surface area (Å²) in [6.07, 6.45) is 6.62. The Balaban J connectivity index is 2.94. The lowest BCUT2D eigenvalue weighted by Gasteiger charge is -2.00. The van der Waals surface area contributed by atoms with E-state index in [1.165, 1.54) is 6.08 Å². The summed E-state index contributed by atoms with van der Waals surface area (Å²) in [7, 11) is 1.59. The molecule has 0 aromatic rings. The molecule has 0 bridgehead atoms. The first-order valence-corrected chi connectivity index (χ1v) is 5.23. The third-order valence-electron chi connectivity index (χ3n) is 1.24. The second-order valence-electron chi connectivity index (χ2n) is 2.02. The molecule has 56 valence electrons. The molecule has 0 saturated heterocycles. The summed E-state index contributed by atoms with van der Waals surface area (Å²) in [6, 6.07) is 0. The quantitative estimate of drug-likeness (QED) is 0.574. The van der Waals surface area contributed by atoms with Crippen LogP contribution in [-0.4, -0.2) is 8.42 Å². The zero-order chi connectivity index (χ0) is 7.61. The first-order valence-electron chi connectivity index (χ1n) is 2.92. The van der Waals surface area contributed by atoms with Gasteiger partial charge in [0.2, 0.25) is 0 Å². The Morgan fingerprint density at radius 3 is 2.40 bits per heavy atom. The summed E-state index contributed by atoms with van der Waals surface area (Å²) in [5.41, 5.74) is 0. The third-order valence-corrected chi connectivity index (χ3v) is 2.64. The fraction of sp³-hybridized carbons (Fsp3) is 0.333.